The zero-order valence-electron chi connectivity index (χ0n) is 10.4. The second-order valence-corrected chi connectivity index (χ2v) is 4.48. The van der Waals surface area contributed by atoms with Crippen LogP contribution < -0.4 is 15.4 Å². The monoisotopic (exact) mass is 236 g/mol. The molecule has 1 aromatic rings. The molecule has 0 aliphatic carbocycles. The van der Waals surface area contributed by atoms with E-state index in [-0.39, 0.29) is 12.6 Å². The average molecular weight is 236 g/mol. The molecule has 1 atom stereocenters. The van der Waals surface area contributed by atoms with Gasteiger partial charge in [-0.25, -0.2) is 0 Å². The first-order valence-corrected chi connectivity index (χ1v) is 5.96. The van der Waals surface area contributed by atoms with Crippen molar-refractivity contribution in [1.82, 2.24) is 0 Å². The molecule has 0 radical (unpaired) electrons. The van der Waals surface area contributed by atoms with Crippen LogP contribution in [0.1, 0.15) is 23.6 Å². The molecule has 3 N–H and O–H groups in total. The third-order valence-corrected chi connectivity index (χ3v) is 3.42. The van der Waals surface area contributed by atoms with E-state index >= 15 is 0 Å². The molecule has 4 heteroatoms. The summed E-state index contributed by atoms with van der Waals surface area (Å²) in [7, 11) is 3.77. The minimum Gasteiger partial charge on any atom is -0.496 e. The lowest BCUT2D eigenvalue weighted by Crippen LogP contribution is -2.14. The molecule has 94 valence electrons. The van der Waals surface area contributed by atoms with Crippen LogP contribution in [0.5, 0.6) is 5.75 Å². The minimum absolute atomic E-state index is 0.0985. The first kappa shape index (κ1) is 12.2. The van der Waals surface area contributed by atoms with Crippen LogP contribution in [0.25, 0.3) is 0 Å². The Labute approximate surface area is 102 Å². The Bertz CT molecular complexity index is 407. The zero-order chi connectivity index (χ0) is 12.4. The molecular weight excluding hydrogens is 216 g/mol. The van der Waals surface area contributed by atoms with Gasteiger partial charge < -0.3 is 20.5 Å². The molecule has 0 saturated carbocycles. The number of hydrogen-bond donors (Lipinski definition) is 2. The molecule has 0 spiro atoms. The fourth-order valence-electron chi connectivity index (χ4n) is 2.46. The van der Waals surface area contributed by atoms with Gasteiger partial charge in [0.15, 0.2) is 0 Å². The molecular formula is C13H20N2O2. The topological polar surface area (TPSA) is 58.7 Å². The summed E-state index contributed by atoms with van der Waals surface area (Å²) in [4.78, 5) is 2.22. The average Bonchev–Trinajstić information content (AvgIpc) is 2.70. The molecule has 0 bridgehead atoms. The van der Waals surface area contributed by atoms with Crippen LogP contribution in [0.3, 0.4) is 0 Å². The van der Waals surface area contributed by atoms with Gasteiger partial charge in [0.05, 0.1) is 7.11 Å². The molecule has 0 amide bonds. The Kier molecular flexibility index (Phi) is 3.54. The van der Waals surface area contributed by atoms with E-state index in [0.717, 1.165) is 24.3 Å². The number of benzene rings is 1. The van der Waals surface area contributed by atoms with Crippen molar-refractivity contribution in [1.29, 1.82) is 0 Å². The van der Waals surface area contributed by atoms with E-state index in [0.29, 0.717) is 6.42 Å². The van der Waals surface area contributed by atoms with E-state index in [2.05, 4.69) is 18.0 Å². The van der Waals surface area contributed by atoms with E-state index in [1.165, 1.54) is 11.3 Å². The predicted molar refractivity (Wildman–Crippen MR) is 68.6 cm³/mol. The molecule has 0 saturated heterocycles. The molecule has 1 aromatic carbocycles. The van der Waals surface area contributed by atoms with Crippen LogP contribution in [-0.2, 0) is 6.42 Å². The highest BCUT2D eigenvalue weighted by atomic mass is 16.5. The number of hydrogen-bond acceptors (Lipinski definition) is 4. The van der Waals surface area contributed by atoms with Gasteiger partial charge in [0.1, 0.15) is 5.75 Å². The quantitative estimate of drug-likeness (QED) is 0.821. The maximum absolute atomic E-state index is 8.97. The van der Waals surface area contributed by atoms with Gasteiger partial charge in [0, 0.05) is 43.1 Å². The van der Waals surface area contributed by atoms with E-state index in [4.69, 9.17) is 15.6 Å². The van der Waals surface area contributed by atoms with Gasteiger partial charge in [-0.2, -0.15) is 0 Å². The van der Waals surface area contributed by atoms with Crippen molar-refractivity contribution in [3.05, 3.63) is 23.3 Å². The Morgan fingerprint density at radius 1 is 1.53 bits per heavy atom. The number of aliphatic hydroxyl groups excluding tert-OH is 1. The number of fused-ring (bicyclic) bond motifs is 1. The highest BCUT2D eigenvalue weighted by molar-refractivity contribution is 5.65. The lowest BCUT2D eigenvalue weighted by Gasteiger charge is -2.19. The van der Waals surface area contributed by atoms with Gasteiger partial charge in [-0.1, -0.05) is 6.07 Å². The number of nitrogens with two attached hydrogens (primary N) is 1. The van der Waals surface area contributed by atoms with Crippen molar-refractivity contribution in [2.45, 2.75) is 18.9 Å². The van der Waals surface area contributed by atoms with Crippen LogP contribution in [0.2, 0.25) is 0 Å². The number of nitrogens with zero attached hydrogens (tertiary/aromatic N) is 1. The third kappa shape index (κ3) is 2.10. The SMILES string of the molecule is COc1c(C(N)CCO)ccc2c1CCN2C. The fraction of sp³-hybridized carbons (Fsp3) is 0.538. The maximum atomic E-state index is 8.97. The van der Waals surface area contributed by atoms with E-state index in [1.807, 2.05) is 6.07 Å². The van der Waals surface area contributed by atoms with Gasteiger partial charge in [-0.05, 0) is 18.9 Å². The second kappa shape index (κ2) is 4.94. The normalized spacial score (nSPS) is 15.9. The van der Waals surface area contributed by atoms with Crippen molar-refractivity contribution in [3.63, 3.8) is 0 Å². The van der Waals surface area contributed by atoms with E-state index in [1.54, 1.807) is 7.11 Å². The van der Waals surface area contributed by atoms with Crippen molar-refractivity contribution < 1.29 is 9.84 Å². The Balaban J connectivity index is 2.42. The Morgan fingerprint density at radius 2 is 2.29 bits per heavy atom. The van der Waals surface area contributed by atoms with Crippen LogP contribution in [0.15, 0.2) is 12.1 Å². The number of rotatable bonds is 4. The van der Waals surface area contributed by atoms with E-state index < -0.39 is 0 Å². The van der Waals surface area contributed by atoms with Crippen molar-refractivity contribution in [2.75, 3.05) is 32.2 Å². The molecule has 1 unspecified atom stereocenters. The predicted octanol–water partition coefficient (Wildman–Crippen LogP) is 1.07. The maximum Gasteiger partial charge on any atom is 0.128 e. The van der Waals surface area contributed by atoms with Gasteiger partial charge in [0.25, 0.3) is 0 Å². The van der Waals surface area contributed by atoms with Crippen LogP contribution in [0, 0.1) is 0 Å². The molecule has 1 aliphatic heterocycles. The summed E-state index contributed by atoms with van der Waals surface area (Å²) >= 11 is 0. The number of likely N-dealkylation sites (N-methyl/N-ethyl adjacent to an activating group) is 1. The van der Waals surface area contributed by atoms with Crippen molar-refractivity contribution in [3.8, 4) is 5.75 Å². The molecule has 1 aliphatic rings. The van der Waals surface area contributed by atoms with E-state index in [9.17, 15) is 0 Å². The van der Waals surface area contributed by atoms with Crippen molar-refractivity contribution in [2.24, 2.45) is 5.73 Å². The first-order chi connectivity index (χ1) is 8.19. The lowest BCUT2D eigenvalue weighted by molar-refractivity contribution is 0.275. The Hall–Kier alpha value is -1.26. The van der Waals surface area contributed by atoms with Gasteiger partial charge in [-0.3, -0.25) is 0 Å². The van der Waals surface area contributed by atoms with Gasteiger partial charge in [-0.15, -0.1) is 0 Å². The minimum atomic E-state index is -0.161. The second-order valence-electron chi connectivity index (χ2n) is 4.48. The molecule has 0 aromatic heterocycles. The summed E-state index contributed by atoms with van der Waals surface area (Å²) in [5, 5.41) is 8.97. The lowest BCUT2D eigenvalue weighted by atomic mass is 9.99. The molecule has 4 nitrogen and oxygen atoms in total. The summed E-state index contributed by atoms with van der Waals surface area (Å²) in [6, 6.07) is 3.95. The smallest absolute Gasteiger partial charge is 0.128 e. The van der Waals surface area contributed by atoms with Crippen LogP contribution in [-0.4, -0.2) is 32.4 Å². The third-order valence-electron chi connectivity index (χ3n) is 3.42. The number of ether oxygens (including phenoxy) is 1. The van der Waals surface area contributed by atoms with Crippen LogP contribution >= 0.6 is 0 Å². The summed E-state index contributed by atoms with van der Waals surface area (Å²) in [6.45, 7) is 1.12. The zero-order valence-corrected chi connectivity index (χ0v) is 10.4. The molecule has 2 rings (SSSR count). The number of aliphatic hydroxyl groups is 1. The summed E-state index contributed by atoms with van der Waals surface area (Å²) in [5.41, 5.74) is 9.51. The number of anilines is 1. The number of methoxy groups -OCH3 is 1. The van der Waals surface area contributed by atoms with Gasteiger partial charge >= 0.3 is 0 Å². The van der Waals surface area contributed by atoms with Crippen molar-refractivity contribution >= 4 is 5.69 Å². The fourth-order valence-corrected chi connectivity index (χ4v) is 2.46. The summed E-state index contributed by atoms with van der Waals surface area (Å²) in [5.74, 6) is 0.896. The first-order valence-electron chi connectivity index (χ1n) is 5.96. The molecule has 1 heterocycles. The Morgan fingerprint density at radius 3 is 2.94 bits per heavy atom. The van der Waals surface area contributed by atoms with Crippen LogP contribution in [0.4, 0.5) is 5.69 Å². The van der Waals surface area contributed by atoms with Gasteiger partial charge in [0.2, 0.25) is 0 Å². The summed E-state index contributed by atoms with van der Waals surface area (Å²) in [6.07, 6.45) is 1.56. The highest BCUT2D eigenvalue weighted by Gasteiger charge is 2.23. The summed E-state index contributed by atoms with van der Waals surface area (Å²) < 4.78 is 5.52. The molecule has 17 heavy (non-hydrogen) atoms. The largest absolute Gasteiger partial charge is 0.496 e. The highest BCUT2D eigenvalue weighted by Crippen LogP contribution is 2.39. The molecule has 0 fully saturated rings. The standard InChI is InChI=1S/C13H20N2O2/c1-15-7-5-10-12(15)4-3-9(13(10)17-2)11(14)6-8-16/h3-4,11,16H,5-8,14H2,1-2H3.